The van der Waals surface area contributed by atoms with Crippen molar-refractivity contribution in [2.24, 2.45) is 0 Å². The molecule has 0 radical (unpaired) electrons. The predicted molar refractivity (Wildman–Crippen MR) is 100 cm³/mol. The molecule has 0 spiro atoms. The molecule has 5 nitrogen and oxygen atoms in total. The van der Waals surface area contributed by atoms with E-state index in [1.165, 1.54) is 0 Å². The quantitative estimate of drug-likeness (QED) is 0.808. The van der Waals surface area contributed by atoms with Gasteiger partial charge in [-0.05, 0) is 28.7 Å². The van der Waals surface area contributed by atoms with Crippen LogP contribution in [0.15, 0.2) is 42.5 Å². The van der Waals surface area contributed by atoms with Crippen molar-refractivity contribution in [3.8, 4) is 17.2 Å². The summed E-state index contributed by atoms with van der Waals surface area (Å²) in [6, 6.07) is 12.8. The first-order valence-electron chi connectivity index (χ1n) is 8.46. The van der Waals surface area contributed by atoms with E-state index in [0.717, 1.165) is 11.1 Å². The number of aliphatic carboxylic acids is 1. The molecule has 0 aliphatic rings. The van der Waals surface area contributed by atoms with Gasteiger partial charge < -0.3 is 19.3 Å². The molecule has 0 aliphatic heterocycles. The fourth-order valence-electron chi connectivity index (χ4n) is 2.74. The molecular weight excluding hydrogens is 332 g/mol. The van der Waals surface area contributed by atoms with E-state index in [4.69, 9.17) is 14.2 Å². The molecule has 140 valence electrons. The van der Waals surface area contributed by atoms with Crippen LogP contribution in [0.4, 0.5) is 0 Å². The highest BCUT2D eigenvalue weighted by atomic mass is 16.5. The molecule has 0 unspecified atom stereocenters. The number of carboxylic acid groups (broad SMARTS) is 1. The second-order valence-corrected chi connectivity index (χ2v) is 7.07. The fourth-order valence-corrected chi connectivity index (χ4v) is 2.74. The van der Waals surface area contributed by atoms with Crippen LogP contribution in [0.3, 0.4) is 0 Å². The lowest BCUT2D eigenvalue weighted by Crippen LogP contribution is -2.30. The van der Waals surface area contributed by atoms with Crippen molar-refractivity contribution >= 4 is 5.97 Å². The van der Waals surface area contributed by atoms with E-state index < -0.39 is 12.1 Å². The minimum atomic E-state index is -1.03. The summed E-state index contributed by atoms with van der Waals surface area (Å²) >= 11 is 0. The monoisotopic (exact) mass is 358 g/mol. The van der Waals surface area contributed by atoms with Gasteiger partial charge in [-0.15, -0.1) is 0 Å². The predicted octanol–water partition coefficient (Wildman–Crippen LogP) is 4.08. The van der Waals surface area contributed by atoms with Gasteiger partial charge >= 0.3 is 5.97 Å². The summed E-state index contributed by atoms with van der Waals surface area (Å²) in [7, 11) is 3.12. The molecule has 2 rings (SSSR count). The molecule has 1 atom stereocenters. The Morgan fingerprint density at radius 3 is 2.31 bits per heavy atom. The molecule has 0 amide bonds. The van der Waals surface area contributed by atoms with Crippen LogP contribution in [0.1, 0.15) is 31.9 Å². The lowest BCUT2D eigenvalue weighted by Gasteiger charge is -2.25. The average Bonchev–Trinajstić information content (AvgIpc) is 2.60. The van der Waals surface area contributed by atoms with Crippen molar-refractivity contribution < 1.29 is 24.1 Å². The van der Waals surface area contributed by atoms with E-state index in [1.54, 1.807) is 32.4 Å². The standard InChI is InChI=1S/C21H26O5/c1-21(2,3)16-8-6-7-9-17(16)26-19(20(22)23)12-14-10-11-15(24-4)13-18(14)25-5/h6-11,13,19H,12H2,1-5H3,(H,22,23)/t19-/m1/s1. The van der Waals surface area contributed by atoms with Crippen LogP contribution in [0.25, 0.3) is 0 Å². The molecular formula is C21H26O5. The zero-order chi connectivity index (χ0) is 19.3. The molecule has 0 saturated carbocycles. The number of rotatable bonds is 7. The number of carboxylic acids is 1. The Balaban J connectivity index is 2.31. The van der Waals surface area contributed by atoms with Gasteiger partial charge in [0.25, 0.3) is 0 Å². The van der Waals surface area contributed by atoms with Crippen molar-refractivity contribution in [1.29, 1.82) is 0 Å². The zero-order valence-corrected chi connectivity index (χ0v) is 15.9. The van der Waals surface area contributed by atoms with Crippen LogP contribution >= 0.6 is 0 Å². The van der Waals surface area contributed by atoms with Gasteiger partial charge in [-0.25, -0.2) is 4.79 Å². The highest BCUT2D eigenvalue weighted by molar-refractivity contribution is 5.73. The first-order valence-corrected chi connectivity index (χ1v) is 8.46. The van der Waals surface area contributed by atoms with E-state index >= 15 is 0 Å². The van der Waals surface area contributed by atoms with Crippen LogP contribution in [0.2, 0.25) is 0 Å². The van der Waals surface area contributed by atoms with Gasteiger partial charge in [-0.2, -0.15) is 0 Å². The van der Waals surface area contributed by atoms with E-state index in [1.807, 2.05) is 24.3 Å². The van der Waals surface area contributed by atoms with E-state index in [-0.39, 0.29) is 11.8 Å². The summed E-state index contributed by atoms with van der Waals surface area (Å²) in [4.78, 5) is 11.8. The molecule has 0 bridgehead atoms. The molecule has 0 saturated heterocycles. The number of hydrogen-bond donors (Lipinski definition) is 1. The molecule has 0 aromatic heterocycles. The lowest BCUT2D eigenvalue weighted by atomic mass is 9.86. The Hall–Kier alpha value is -2.69. The highest BCUT2D eigenvalue weighted by Crippen LogP contribution is 2.32. The van der Waals surface area contributed by atoms with Gasteiger partial charge in [-0.3, -0.25) is 0 Å². The van der Waals surface area contributed by atoms with Crippen LogP contribution in [-0.2, 0) is 16.6 Å². The van der Waals surface area contributed by atoms with Gasteiger partial charge in [-0.1, -0.05) is 45.0 Å². The van der Waals surface area contributed by atoms with Crippen molar-refractivity contribution in [3.05, 3.63) is 53.6 Å². The molecule has 0 heterocycles. The van der Waals surface area contributed by atoms with Gasteiger partial charge in [0.2, 0.25) is 0 Å². The summed E-state index contributed by atoms with van der Waals surface area (Å²) in [5.41, 5.74) is 1.55. The van der Waals surface area contributed by atoms with Crippen LogP contribution in [-0.4, -0.2) is 31.4 Å². The van der Waals surface area contributed by atoms with Crippen LogP contribution in [0, 0.1) is 0 Å². The molecule has 0 aliphatic carbocycles. The van der Waals surface area contributed by atoms with E-state index in [2.05, 4.69) is 20.8 Å². The van der Waals surface area contributed by atoms with Gasteiger partial charge in [0, 0.05) is 12.5 Å². The van der Waals surface area contributed by atoms with E-state index in [0.29, 0.717) is 17.2 Å². The maximum absolute atomic E-state index is 11.8. The van der Waals surface area contributed by atoms with Crippen molar-refractivity contribution in [1.82, 2.24) is 0 Å². The highest BCUT2D eigenvalue weighted by Gasteiger charge is 2.25. The second-order valence-electron chi connectivity index (χ2n) is 7.07. The first-order chi connectivity index (χ1) is 12.3. The Morgan fingerprint density at radius 2 is 1.73 bits per heavy atom. The maximum atomic E-state index is 11.8. The van der Waals surface area contributed by atoms with Crippen LogP contribution < -0.4 is 14.2 Å². The second kappa shape index (κ2) is 8.13. The molecule has 2 aromatic carbocycles. The average molecular weight is 358 g/mol. The van der Waals surface area contributed by atoms with Crippen molar-refractivity contribution in [3.63, 3.8) is 0 Å². The molecule has 26 heavy (non-hydrogen) atoms. The van der Waals surface area contributed by atoms with Crippen LogP contribution in [0.5, 0.6) is 17.2 Å². The minimum absolute atomic E-state index is 0.155. The zero-order valence-electron chi connectivity index (χ0n) is 15.9. The number of hydrogen-bond acceptors (Lipinski definition) is 4. The summed E-state index contributed by atoms with van der Waals surface area (Å²) < 4.78 is 16.5. The van der Waals surface area contributed by atoms with Crippen molar-refractivity contribution in [2.75, 3.05) is 14.2 Å². The van der Waals surface area contributed by atoms with Gasteiger partial charge in [0.1, 0.15) is 17.2 Å². The number of para-hydroxylation sites is 1. The third-order valence-electron chi connectivity index (χ3n) is 4.14. The molecule has 0 fully saturated rings. The third kappa shape index (κ3) is 4.69. The topological polar surface area (TPSA) is 65.0 Å². The third-order valence-corrected chi connectivity index (χ3v) is 4.14. The molecule has 1 N–H and O–H groups in total. The lowest BCUT2D eigenvalue weighted by molar-refractivity contribution is -0.145. The smallest absolute Gasteiger partial charge is 0.345 e. The molecule has 5 heteroatoms. The largest absolute Gasteiger partial charge is 0.497 e. The fraction of sp³-hybridized carbons (Fsp3) is 0.381. The Kier molecular flexibility index (Phi) is 6.14. The summed E-state index contributed by atoms with van der Waals surface area (Å²) in [6.45, 7) is 6.20. The minimum Gasteiger partial charge on any atom is -0.497 e. The SMILES string of the molecule is COc1ccc(C[C@@H](Oc2ccccc2C(C)(C)C)C(=O)O)c(OC)c1. The number of ether oxygens (including phenoxy) is 3. The molecule has 2 aromatic rings. The number of methoxy groups -OCH3 is 2. The Morgan fingerprint density at radius 1 is 1.04 bits per heavy atom. The summed E-state index contributed by atoms with van der Waals surface area (Å²) in [5.74, 6) is 0.784. The number of carbonyl (C=O) groups is 1. The first kappa shape index (κ1) is 19.6. The Labute approximate surface area is 154 Å². The maximum Gasteiger partial charge on any atom is 0.345 e. The van der Waals surface area contributed by atoms with Gasteiger partial charge in [0.05, 0.1) is 14.2 Å². The summed E-state index contributed by atoms with van der Waals surface area (Å²) in [6.07, 6.45) is -0.846. The number of benzene rings is 2. The van der Waals surface area contributed by atoms with Gasteiger partial charge in [0.15, 0.2) is 6.10 Å². The van der Waals surface area contributed by atoms with E-state index in [9.17, 15) is 9.90 Å². The Bertz CT molecular complexity index is 761. The normalized spacial score (nSPS) is 12.3. The summed E-state index contributed by atoms with van der Waals surface area (Å²) in [5, 5.41) is 9.66. The van der Waals surface area contributed by atoms with Crippen molar-refractivity contribution in [2.45, 2.75) is 38.7 Å².